The van der Waals surface area contributed by atoms with Gasteiger partial charge in [-0.15, -0.1) is 0 Å². The Balaban J connectivity index is 1.24. The number of fused-ring (bicyclic) bond motifs is 2. The average molecular weight is 587 g/mol. The van der Waals surface area contributed by atoms with Gasteiger partial charge in [0.05, 0.1) is 37.7 Å². The molecule has 9 heteroatoms. The zero-order valence-electron chi connectivity index (χ0n) is 25.6. The molecule has 2 amide bonds. The quantitative estimate of drug-likeness (QED) is 0.329. The monoisotopic (exact) mass is 586 g/mol. The summed E-state index contributed by atoms with van der Waals surface area (Å²) >= 11 is 0. The molecule has 0 radical (unpaired) electrons. The van der Waals surface area contributed by atoms with Crippen LogP contribution in [0.25, 0.3) is 0 Å². The van der Waals surface area contributed by atoms with Crippen molar-refractivity contribution in [3.63, 3.8) is 0 Å². The number of carbonyl (C=O) groups excluding carboxylic acids is 3. The largest absolute Gasteiger partial charge is 0.496 e. The number of nitrogens with one attached hydrogen (secondary N) is 2. The number of methoxy groups -OCH3 is 1. The van der Waals surface area contributed by atoms with Crippen LogP contribution in [0.4, 0.5) is 4.39 Å². The lowest BCUT2D eigenvalue weighted by molar-refractivity contribution is -0.146. The molecular weight excluding hydrogens is 539 g/mol. The zero-order valence-corrected chi connectivity index (χ0v) is 25.6. The number of amides is 2. The lowest BCUT2D eigenvalue weighted by Crippen LogP contribution is -2.51. The van der Waals surface area contributed by atoms with Gasteiger partial charge in [0.2, 0.25) is 5.91 Å². The normalized spacial score (nSPS) is 31.1. The van der Waals surface area contributed by atoms with Gasteiger partial charge in [-0.3, -0.25) is 14.4 Å². The second-order valence-corrected chi connectivity index (χ2v) is 13.8. The van der Waals surface area contributed by atoms with Crippen molar-refractivity contribution >= 4 is 17.8 Å². The van der Waals surface area contributed by atoms with Crippen molar-refractivity contribution in [2.24, 2.45) is 28.6 Å². The first-order valence-corrected chi connectivity index (χ1v) is 15.8. The van der Waals surface area contributed by atoms with Crippen molar-refractivity contribution in [2.45, 2.75) is 104 Å². The minimum Gasteiger partial charge on any atom is -0.496 e. The molecule has 0 unspecified atom stereocenters. The van der Waals surface area contributed by atoms with E-state index in [0.29, 0.717) is 32.4 Å². The minimum atomic E-state index is -0.593. The number of benzene rings is 1. The van der Waals surface area contributed by atoms with Gasteiger partial charge < -0.3 is 24.8 Å². The second-order valence-electron chi connectivity index (χ2n) is 13.8. The van der Waals surface area contributed by atoms with Gasteiger partial charge in [-0.05, 0) is 93.4 Å². The van der Waals surface area contributed by atoms with E-state index in [-0.39, 0.29) is 75.6 Å². The highest BCUT2D eigenvalue weighted by atomic mass is 19.1. The van der Waals surface area contributed by atoms with Gasteiger partial charge >= 0.3 is 5.97 Å². The van der Waals surface area contributed by atoms with E-state index in [2.05, 4.69) is 24.5 Å². The Labute approximate surface area is 248 Å². The summed E-state index contributed by atoms with van der Waals surface area (Å²) in [6.45, 7) is 7.13. The van der Waals surface area contributed by atoms with Gasteiger partial charge in [0.25, 0.3) is 5.91 Å². The Kier molecular flexibility index (Phi) is 9.05. The second kappa shape index (κ2) is 12.4. The van der Waals surface area contributed by atoms with Gasteiger partial charge in [-0.1, -0.05) is 20.3 Å². The molecule has 5 rings (SSSR count). The predicted octanol–water partition coefficient (Wildman–Crippen LogP) is 5.57. The zero-order chi connectivity index (χ0) is 30.1. The summed E-state index contributed by atoms with van der Waals surface area (Å²) in [5.41, 5.74) is 0.206. The summed E-state index contributed by atoms with van der Waals surface area (Å²) in [5.74, 6) is -0.743. The van der Waals surface area contributed by atoms with E-state index in [0.717, 1.165) is 44.9 Å². The fourth-order valence-corrected chi connectivity index (χ4v) is 7.78. The van der Waals surface area contributed by atoms with Crippen LogP contribution in [0.2, 0.25) is 0 Å². The van der Waals surface area contributed by atoms with Crippen LogP contribution in [-0.4, -0.2) is 50.2 Å². The lowest BCUT2D eigenvalue weighted by Gasteiger charge is -2.39. The molecule has 8 nitrogen and oxygen atoms in total. The summed E-state index contributed by atoms with van der Waals surface area (Å²) in [6, 6.07) is 2.36. The summed E-state index contributed by atoms with van der Waals surface area (Å²) < 4.78 is 31.7. The summed E-state index contributed by atoms with van der Waals surface area (Å²) in [7, 11) is 1.41. The first-order valence-electron chi connectivity index (χ1n) is 15.8. The number of rotatable bonds is 11. The third-order valence-corrected chi connectivity index (χ3v) is 10.6. The third kappa shape index (κ3) is 6.55. The lowest BCUT2D eigenvalue weighted by atomic mass is 9.70. The number of halogens is 1. The van der Waals surface area contributed by atoms with Crippen LogP contribution in [0, 0.1) is 34.4 Å². The first kappa shape index (κ1) is 30.6. The fourth-order valence-electron chi connectivity index (χ4n) is 7.78. The van der Waals surface area contributed by atoms with E-state index in [1.807, 2.05) is 0 Å². The highest BCUT2D eigenvalue weighted by Gasteiger charge is 2.51. The average Bonchev–Trinajstić information content (AvgIpc) is 3.55. The summed E-state index contributed by atoms with van der Waals surface area (Å²) in [6.07, 6.45) is 9.39. The fraction of sp³-hybridized carbons (Fsp3) is 0.727. The van der Waals surface area contributed by atoms with Crippen molar-refractivity contribution < 1.29 is 33.0 Å². The van der Waals surface area contributed by atoms with Crippen LogP contribution >= 0.6 is 0 Å². The van der Waals surface area contributed by atoms with Crippen LogP contribution < -0.4 is 20.1 Å². The molecule has 4 fully saturated rings. The van der Waals surface area contributed by atoms with Crippen molar-refractivity contribution in [2.75, 3.05) is 20.3 Å². The Hall–Kier alpha value is -2.84. The van der Waals surface area contributed by atoms with Crippen molar-refractivity contribution in [1.82, 2.24) is 10.6 Å². The number of hydrogen-bond donors (Lipinski definition) is 2. The number of carbonyl (C=O) groups is 3. The minimum absolute atomic E-state index is 0.0101. The van der Waals surface area contributed by atoms with Crippen molar-refractivity contribution in [3.05, 3.63) is 23.5 Å². The van der Waals surface area contributed by atoms with Crippen LogP contribution in [-0.2, 0) is 14.3 Å². The maximum atomic E-state index is 15.1. The molecule has 0 heterocycles. The Bertz CT molecular complexity index is 1180. The topological polar surface area (TPSA) is 103 Å². The van der Waals surface area contributed by atoms with Gasteiger partial charge in [0.15, 0.2) is 11.6 Å². The molecule has 232 valence electrons. The molecule has 4 saturated carbocycles. The van der Waals surface area contributed by atoms with Crippen molar-refractivity contribution in [1.29, 1.82) is 0 Å². The molecule has 2 bridgehead atoms. The molecule has 0 spiro atoms. The van der Waals surface area contributed by atoms with Gasteiger partial charge in [0.1, 0.15) is 5.75 Å². The van der Waals surface area contributed by atoms with E-state index in [9.17, 15) is 14.4 Å². The van der Waals surface area contributed by atoms with Crippen LogP contribution in [0.3, 0.4) is 0 Å². The molecule has 0 aliphatic heterocycles. The van der Waals surface area contributed by atoms with Crippen LogP contribution in [0.1, 0.15) is 102 Å². The summed E-state index contributed by atoms with van der Waals surface area (Å²) in [4.78, 5) is 39.0. The molecule has 4 atom stereocenters. The van der Waals surface area contributed by atoms with Gasteiger partial charge in [-0.25, -0.2) is 4.39 Å². The van der Waals surface area contributed by atoms with Crippen molar-refractivity contribution in [3.8, 4) is 11.5 Å². The highest BCUT2D eigenvalue weighted by Crippen LogP contribution is 2.49. The Morgan fingerprint density at radius 1 is 0.976 bits per heavy atom. The van der Waals surface area contributed by atoms with E-state index in [4.69, 9.17) is 14.2 Å². The Morgan fingerprint density at radius 2 is 1.69 bits per heavy atom. The maximum Gasteiger partial charge on any atom is 0.306 e. The molecule has 4 aliphatic carbocycles. The van der Waals surface area contributed by atoms with Gasteiger partial charge in [0, 0.05) is 18.7 Å². The summed E-state index contributed by atoms with van der Waals surface area (Å²) in [5, 5.41) is 6.34. The van der Waals surface area contributed by atoms with Gasteiger partial charge in [-0.2, -0.15) is 0 Å². The number of hydrogen-bond acceptors (Lipinski definition) is 6. The molecular formula is C33H47FN2O6. The molecule has 1 aromatic rings. The van der Waals surface area contributed by atoms with E-state index in [1.54, 1.807) is 6.92 Å². The number of esters is 1. The smallest absolute Gasteiger partial charge is 0.306 e. The van der Waals surface area contributed by atoms with E-state index < -0.39 is 5.82 Å². The third-order valence-electron chi connectivity index (χ3n) is 10.6. The first-order chi connectivity index (χ1) is 20.0. The molecule has 0 saturated heterocycles. The maximum absolute atomic E-state index is 15.1. The predicted molar refractivity (Wildman–Crippen MR) is 156 cm³/mol. The molecule has 1 aromatic carbocycles. The van der Waals surface area contributed by atoms with E-state index >= 15 is 4.39 Å². The van der Waals surface area contributed by atoms with Crippen LogP contribution in [0.5, 0.6) is 11.5 Å². The Morgan fingerprint density at radius 3 is 2.33 bits per heavy atom. The van der Waals surface area contributed by atoms with E-state index in [1.165, 1.54) is 25.7 Å². The molecule has 2 N–H and O–H groups in total. The highest BCUT2D eigenvalue weighted by molar-refractivity contribution is 5.98. The SMILES string of the molecule is CCOC(=O)C[C@]1(C)CC[C@H](Oc2cc(C(=O)N[C@@H]3[C@H]4CC[C@H](C4)[C@@H]3C(=O)NCC3(C)CCC3)c(OC)cc2F)CC1. The molecule has 4 aliphatic rings. The van der Waals surface area contributed by atoms with Crippen LogP contribution in [0.15, 0.2) is 12.1 Å². The molecule has 42 heavy (non-hydrogen) atoms. The standard InChI is InChI=1S/C33H47FN2O6/c1-5-41-27(37)18-32(2)13-9-22(10-14-32)42-26-16-23(25(40-4)17-24(26)34)30(38)36-29-21-8-7-20(15-21)28(29)31(39)35-19-33(3)11-6-12-33/h16-17,20-22,28-29H,5-15,18-19H2,1-4H3,(H,35,39)(H,36,38)/t20-,21+,22-,28+,29-,32+/m1/s1. The number of ether oxygens (including phenoxy) is 3. The molecule has 0 aromatic heterocycles.